The third-order valence-corrected chi connectivity index (χ3v) is 4.76. The van der Waals surface area contributed by atoms with E-state index in [0.717, 1.165) is 30.6 Å². The highest BCUT2D eigenvalue weighted by Crippen LogP contribution is 2.35. The van der Waals surface area contributed by atoms with Gasteiger partial charge in [0.15, 0.2) is 0 Å². The minimum Gasteiger partial charge on any atom is -0.494 e. The normalized spacial score (nSPS) is 26.7. The van der Waals surface area contributed by atoms with Crippen LogP contribution in [-0.2, 0) is 0 Å². The second-order valence-electron chi connectivity index (χ2n) is 6.54. The van der Waals surface area contributed by atoms with Crippen molar-refractivity contribution in [3.8, 4) is 5.75 Å². The van der Waals surface area contributed by atoms with Crippen LogP contribution in [0.4, 0.5) is 0 Å². The molecule has 0 aliphatic heterocycles. The van der Waals surface area contributed by atoms with Crippen LogP contribution in [0, 0.1) is 17.8 Å². The molecule has 1 saturated carbocycles. The molecule has 0 saturated heterocycles. The number of para-hydroxylation sites is 1. The van der Waals surface area contributed by atoms with E-state index < -0.39 is 0 Å². The molecule has 3 atom stereocenters. The van der Waals surface area contributed by atoms with Gasteiger partial charge in [-0.25, -0.2) is 0 Å². The summed E-state index contributed by atoms with van der Waals surface area (Å²) in [5.74, 6) is 3.33. The number of hydrogen-bond donors (Lipinski definition) is 1. The van der Waals surface area contributed by atoms with Crippen molar-refractivity contribution >= 4 is 0 Å². The maximum Gasteiger partial charge on any atom is 0.119 e. The van der Waals surface area contributed by atoms with Crippen molar-refractivity contribution in [2.45, 2.75) is 52.0 Å². The van der Waals surface area contributed by atoms with Gasteiger partial charge in [-0.2, -0.15) is 0 Å². The van der Waals surface area contributed by atoms with Crippen LogP contribution in [0.5, 0.6) is 5.75 Å². The lowest BCUT2D eigenvalue weighted by Gasteiger charge is -2.36. The Kier molecular flexibility index (Phi) is 5.90. The van der Waals surface area contributed by atoms with Crippen LogP contribution >= 0.6 is 0 Å². The van der Waals surface area contributed by atoms with Gasteiger partial charge in [0.05, 0.1) is 6.61 Å². The molecular formula is C18H29NO. The van der Waals surface area contributed by atoms with Crippen LogP contribution < -0.4 is 10.5 Å². The summed E-state index contributed by atoms with van der Waals surface area (Å²) in [6, 6.07) is 10.5. The summed E-state index contributed by atoms with van der Waals surface area (Å²) in [5, 5.41) is 0. The highest BCUT2D eigenvalue weighted by molar-refractivity contribution is 5.20. The average molecular weight is 275 g/mol. The number of benzene rings is 1. The molecule has 0 spiro atoms. The van der Waals surface area contributed by atoms with Crippen LogP contribution in [0.1, 0.15) is 46.0 Å². The molecule has 1 aromatic carbocycles. The SMILES string of the molecule is CC(C)C1CCC(N)C(CCCOc2ccccc2)C1. The van der Waals surface area contributed by atoms with Gasteiger partial charge in [-0.15, -0.1) is 0 Å². The molecule has 2 heteroatoms. The lowest BCUT2D eigenvalue weighted by molar-refractivity contribution is 0.172. The van der Waals surface area contributed by atoms with Crippen molar-refractivity contribution in [2.24, 2.45) is 23.5 Å². The van der Waals surface area contributed by atoms with Gasteiger partial charge in [-0.05, 0) is 62.0 Å². The molecule has 1 aliphatic carbocycles. The Morgan fingerprint density at radius 2 is 1.95 bits per heavy atom. The van der Waals surface area contributed by atoms with Gasteiger partial charge in [0.25, 0.3) is 0 Å². The third-order valence-electron chi connectivity index (χ3n) is 4.76. The summed E-state index contributed by atoms with van der Waals surface area (Å²) in [5.41, 5.74) is 6.29. The smallest absolute Gasteiger partial charge is 0.119 e. The molecule has 2 rings (SSSR count). The fraction of sp³-hybridized carbons (Fsp3) is 0.667. The van der Waals surface area contributed by atoms with Crippen LogP contribution in [-0.4, -0.2) is 12.6 Å². The molecule has 1 aromatic rings. The lowest BCUT2D eigenvalue weighted by Crippen LogP contribution is -2.37. The van der Waals surface area contributed by atoms with E-state index in [2.05, 4.69) is 13.8 Å². The largest absolute Gasteiger partial charge is 0.494 e. The fourth-order valence-corrected chi connectivity index (χ4v) is 3.31. The quantitative estimate of drug-likeness (QED) is 0.788. The second-order valence-corrected chi connectivity index (χ2v) is 6.54. The molecular weight excluding hydrogens is 246 g/mol. The van der Waals surface area contributed by atoms with E-state index in [1.807, 2.05) is 30.3 Å². The Balaban J connectivity index is 1.70. The van der Waals surface area contributed by atoms with Gasteiger partial charge in [0.1, 0.15) is 5.75 Å². The minimum atomic E-state index is 0.404. The van der Waals surface area contributed by atoms with Gasteiger partial charge >= 0.3 is 0 Å². The first kappa shape index (κ1) is 15.4. The van der Waals surface area contributed by atoms with Gasteiger partial charge in [-0.1, -0.05) is 32.0 Å². The highest BCUT2D eigenvalue weighted by atomic mass is 16.5. The summed E-state index contributed by atoms with van der Waals surface area (Å²) >= 11 is 0. The van der Waals surface area contributed by atoms with Crippen molar-refractivity contribution in [3.63, 3.8) is 0 Å². The molecule has 3 unspecified atom stereocenters. The van der Waals surface area contributed by atoms with E-state index in [0.29, 0.717) is 12.0 Å². The second kappa shape index (κ2) is 7.68. The van der Waals surface area contributed by atoms with Gasteiger partial charge in [0.2, 0.25) is 0 Å². The molecule has 0 amide bonds. The highest BCUT2D eigenvalue weighted by Gasteiger charge is 2.29. The Hall–Kier alpha value is -1.02. The van der Waals surface area contributed by atoms with Crippen molar-refractivity contribution in [3.05, 3.63) is 30.3 Å². The average Bonchev–Trinajstić information content (AvgIpc) is 2.46. The topological polar surface area (TPSA) is 35.2 Å². The predicted molar refractivity (Wildman–Crippen MR) is 84.8 cm³/mol. The molecule has 1 fully saturated rings. The van der Waals surface area contributed by atoms with E-state index in [4.69, 9.17) is 10.5 Å². The monoisotopic (exact) mass is 275 g/mol. The van der Waals surface area contributed by atoms with Crippen LogP contribution in [0.15, 0.2) is 30.3 Å². The van der Waals surface area contributed by atoms with Crippen molar-refractivity contribution in [1.82, 2.24) is 0 Å². The first-order valence-electron chi connectivity index (χ1n) is 8.10. The van der Waals surface area contributed by atoms with Crippen LogP contribution in [0.3, 0.4) is 0 Å². The Morgan fingerprint density at radius 1 is 1.20 bits per heavy atom. The van der Waals surface area contributed by atoms with Gasteiger partial charge in [0, 0.05) is 6.04 Å². The Bertz CT molecular complexity index is 376. The number of hydrogen-bond acceptors (Lipinski definition) is 2. The van der Waals surface area contributed by atoms with E-state index in [-0.39, 0.29) is 0 Å². The Labute approximate surface area is 123 Å². The maximum absolute atomic E-state index is 6.29. The van der Waals surface area contributed by atoms with Gasteiger partial charge < -0.3 is 10.5 Å². The first-order chi connectivity index (χ1) is 9.66. The third kappa shape index (κ3) is 4.52. The number of ether oxygens (including phenoxy) is 1. The molecule has 1 aliphatic rings. The summed E-state index contributed by atoms with van der Waals surface area (Å²) < 4.78 is 5.77. The molecule has 0 radical (unpaired) electrons. The Morgan fingerprint density at radius 3 is 2.65 bits per heavy atom. The molecule has 0 aromatic heterocycles. The van der Waals surface area contributed by atoms with E-state index >= 15 is 0 Å². The molecule has 0 bridgehead atoms. The van der Waals surface area contributed by atoms with E-state index in [9.17, 15) is 0 Å². The molecule has 2 N–H and O–H groups in total. The van der Waals surface area contributed by atoms with Gasteiger partial charge in [-0.3, -0.25) is 0 Å². The number of rotatable bonds is 6. The first-order valence-corrected chi connectivity index (χ1v) is 8.10. The number of nitrogens with two attached hydrogens (primary N) is 1. The summed E-state index contributed by atoms with van der Waals surface area (Å²) in [6.45, 7) is 5.49. The van der Waals surface area contributed by atoms with Crippen molar-refractivity contribution in [2.75, 3.05) is 6.61 Å². The van der Waals surface area contributed by atoms with Crippen molar-refractivity contribution in [1.29, 1.82) is 0 Å². The molecule has 112 valence electrons. The van der Waals surface area contributed by atoms with E-state index in [1.165, 1.54) is 25.7 Å². The summed E-state index contributed by atoms with van der Waals surface area (Å²) in [6.07, 6.45) is 6.14. The lowest BCUT2D eigenvalue weighted by atomic mass is 9.72. The minimum absolute atomic E-state index is 0.404. The zero-order valence-corrected chi connectivity index (χ0v) is 12.9. The maximum atomic E-state index is 6.29. The summed E-state index contributed by atoms with van der Waals surface area (Å²) in [4.78, 5) is 0. The van der Waals surface area contributed by atoms with Crippen LogP contribution in [0.2, 0.25) is 0 Å². The predicted octanol–water partition coefficient (Wildman–Crippen LogP) is 4.25. The molecule has 20 heavy (non-hydrogen) atoms. The molecule has 2 nitrogen and oxygen atoms in total. The van der Waals surface area contributed by atoms with E-state index in [1.54, 1.807) is 0 Å². The van der Waals surface area contributed by atoms with Crippen LogP contribution in [0.25, 0.3) is 0 Å². The standard InChI is InChI=1S/C18H29NO/c1-14(2)15-10-11-18(19)16(13-15)7-6-12-20-17-8-4-3-5-9-17/h3-5,8-9,14-16,18H,6-7,10-13,19H2,1-2H3. The fourth-order valence-electron chi connectivity index (χ4n) is 3.31. The zero-order valence-electron chi connectivity index (χ0n) is 12.9. The summed E-state index contributed by atoms with van der Waals surface area (Å²) in [7, 11) is 0. The van der Waals surface area contributed by atoms with Crippen molar-refractivity contribution < 1.29 is 4.74 Å². The zero-order chi connectivity index (χ0) is 14.4. The molecule has 0 heterocycles.